The summed E-state index contributed by atoms with van der Waals surface area (Å²) in [6, 6.07) is 0. The number of amides is 1. The molecule has 0 radical (unpaired) electrons. The van der Waals surface area contributed by atoms with Gasteiger partial charge in [-0.1, -0.05) is 0 Å². The average molecular weight is 313 g/mol. The van der Waals surface area contributed by atoms with Crippen LogP contribution in [0.1, 0.15) is 29.8 Å². The van der Waals surface area contributed by atoms with Crippen molar-refractivity contribution in [2.45, 2.75) is 33.1 Å². The van der Waals surface area contributed by atoms with Crippen LogP contribution in [0.25, 0.3) is 0 Å². The highest BCUT2D eigenvalue weighted by Crippen LogP contribution is 2.20. The second-order valence-corrected chi connectivity index (χ2v) is 8.10. The van der Waals surface area contributed by atoms with Gasteiger partial charge in [0.2, 0.25) is 5.91 Å². The van der Waals surface area contributed by atoms with Crippen molar-refractivity contribution in [2.24, 2.45) is 5.92 Å². The normalized spacial score (nSPS) is 20.6. The Morgan fingerprint density at radius 3 is 2.67 bits per heavy atom. The SMILES string of the molecule is Cc1n[nH]c(C)c1CCCN(C)C(=O)C1CCS(=O)(=O)C1. The molecular weight excluding hydrogens is 290 g/mol. The monoisotopic (exact) mass is 313 g/mol. The van der Waals surface area contributed by atoms with E-state index in [-0.39, 0.29) is 23.3 Å². The number of carbonyl (C=O) groups excluding carboxylic acids is 1. The first kappa shape index (κ1) is 16.0. The van der Waals surface area contributed by atoms with Crippen molar-refractivity contribution < 1.29 is 13.2 Å². The maximum Gasteiger partial charge on any atom is 0.226 e. The molecule has 21 heavy (non-hydrogen) atoms. The number of nitrogens with zero attached hydrogens (tertiary/aromatic N) is 2. The third kappa shape index (κ3) is 3.84. The lowest BCUT2D eigenvalue weighted by atomic mass is 10.1. The lowest BCUT2D eigenvalue weighted by Crippen LogP contribution is -2.34. The fourth-order valence-electron chi connectivity index (χ4n) is 2.85. The quantitative estimate of drug-likeness (QED) is 0.873. The summed E-state index contributed by atoms with van der Waals surface area (Å²) in [4.78, 5) is 13.9. The first-order valence-electron chi connectivity index (χ1n) is 7.26. The van der Waals surface area contributed by atoms with E-state index in [1.165, 1.54) is 5.56 Å². The fourth-order valence-corrected chi connectivity index (χ4v) is 4.58. The van der Waals surface area contributed by atoms with Gasteiger partial charge in [-0.15, -0.1) is 0 Å². The number of aromatic amines is 1. The molecule has 1 aromatic heterocycles. The second kappa shape index (κ2) is 6.17. The predicted molar refractivity (Wildman–Crippen MR) is 80.8 cm³/mol. The van der Waals surface area contributed by atoms with Crippen LogP contribution in [0.15, 0.2) is 0 Å². The minimum Gasteiger partial charge on any atom is -0.345 e. The van der Waals surface area contributed by atoms with Gasteiger partial charge in [-0.2, -0.15) is 5.10 Å². The highest BCUT2D eigenvalue weighted by molar-refractivity contribution is 7.91. The first-order chi connectivity index (χ1) is 9.80. The maximum absolute atomic E-state index is 12.2. The minimum atomic E-state index is -3.00. The van der Waals surface area contributed by atoms with Gasteiger partial charge in [-0.05, 0) is 38.7 Å². The molecular formula is C14H23N3O3S. The molecule has 1 aromatic rings. The van der Waals surface area contributed by atoms with Gasteiger partial charge in [0.05, 0.1) is 23.1 Å². The molecule has 1 fully saturated rings. The Hall–Kier alpha value is -1.37. The molecule has 1 saturated heterocycles. The molecule has 1 amide bonds. The van der Waals surface area contributed by atoms with Crippen LogP contribution in [0.5, 0.6) is 0 Å². The highest BCUT2D eigenvalue weighted by Gasteiger charge is 2.34. The molecule has 1 aliphatic heterocycles. The maximum atomic E-state index is 12.2. The summed E-state index contributed by atoms with van der Waals surface area (Å²) in [6.07, 6.45) is 2.18. The number of aryl methyl sites for hydroxylation is 2. The Morgan fingerprint density at radius 1 is 1.43 bits per heavy atom. The van der Waals surface area contributed by atoms with E-state index in [4.69, 9.17) is 0 Å². The third-order valence-electron chi connectivity index (χ3n) is 4.16. The molecule has 0 spiro atoms. The van der Waals surface area contributed by atoms with Crippen LogP contribution in [-0.4, -0.2) is 54.5 Å². The van der Waals surface area contributed by atoms with E-state index in [9.17, 15) is 13.2 Å². The second-order valence-electron chi connectivity index (χ2n) is 5.88. The molecule has 2 heterocycles. The van der Waals surface area contributed by atoms with Crippen molar-refractivity contribution in [1.82, 2.24) is 15.1 Å². The third-order valence-corrected chi connectivity index (χ3v) is 5.93. The molecule has 7 heteroatoms. The summed E-state index contributed by atoms with van der Waals surface area (Å²) < 4.78 is 22.9. The van der Waals surface area contributed by atoms with Crippen molar-refractivity contribution >= 4 is 15.7 Å². The summed E-state index contributed by atoms with van der Waals surface area (Å²) in [5, 5.41) is 7.11. The van der Waals surface area contributed by atoms with Crippen LogP contribution in [0, 0.1) is 19.8 Å². The number of carbonyl (C=O) groups is 1. The molecule has 0 aliphatic carbocycles. The molecule has 0 bridgehead atoms. The minimum absolute atomic E-state index is 0.0100. The number of H-pyrrole nitrogens is 1. The van der Waals surface area contributed by atoms with Crippen molar-refractivity contribution in [3.63, 3.8) is 0 Å². The standard InChI is InChI=1S/C14H23N3O3S/c1-10-13(11(2)16-15-10)5-4-7-17(3)14(18)12-6-8-21(19,20)9-12/h12H,4-9H2,1-3H3,(H,15,16). The van der Waals surface area contributed by atoms with Crippen LogP contribution >= 0.6 is 0 Å². The van der Waals surface area contributed by atoms with Crippen LogP contribution in [0.4, 0.5) is 0 Å². The van der Waals surface area contributed by atoms with Crippen LogP contribution in [0.3, 0.4) is 0 Å². The molecule has 6 nitrogen and oxygen atoms in total. The number of aromatic nitrogens is 2. The van der Waals surface area contributed by atoms with Crippen molar-refractivity contribution in [2.75, 3.05) is 25.1 Å². The fraction of sp³-hybridized carbons (Fsp3) is 0.714. The summed E-state index contributed by atoms with van der Waals surface area (Å²) in [6.45, 7) is 4.60. The van der Waals surface area contributed by atoms with Crippen LogP contribution in [-0.2, 0) is 21.1 Å². The van der Waals surface area contributed by atoms with Gasteiger partial charge in [-0.25, -0.2) is 8.42 Å². The Balaban J connectivity index is 1.82. The summed E-state index contributed by atoms with van der Waals surface area (Å²) in [5.41, 5.74) is 3.28. The van der Waals surface area contributed by atoms with E-state index >= 15 is 0 Å². The highest BCUT2D eigenvalue weighted by atomic mass is 32.2. The Bertz CT molecular complexity index is 602. The molecule has 1 unspecified atom stereocenters. The smallest absolute Gasteiger partial charge is 0.226 e. The molecule has 0 aromatic carbocycles. The summed E-state index contributed by atoms with van der Waals surface area (Å²) in [7, 11) is -1.25. The van der Waals surface area contributed by atoms with Gasteiger partial charge < -0.3 is 4.90 Å². The van der Waals surface area contributed by atoms with Gasteiger partial charge in [0.15, 0.2) is 9.84 Å². The number of nitrogens with one attached hydrogen (secondary N) is 1. The lowest BCUT2D eigenvalue weighted by Gasteiger charge is -2.20. The summed E-state index contributed by atoms with van der Waals surface area (Å²) >= 11 is 0. The van der Waals surface area contributed by atoms with Crippen molar-refractivity contribution in [3.8, 4) is 0 Å². The van der Waals surface area contributed by atoms with Gasteiger partial charge in [0.25, 0.3) is 0 Å². The topological polar surface area (TPSA) is 83.1 Å². The molecule has 0 saturated carbocycles. The van der Waals surface area contributed by atoms with Crippen LogP contribution < -0.4 is 0 Å². The Morgan fingerprint density at radius 2 is 2.14 bits per heavy atom. The van der Waals surface area contributed by atoms with E-state index in [2.05, 4.69) is 10.2 Å². The molecule has 118 valence electrons. The number of hydrogen-bond acceptors (Lipinski definition) is 4. The predicted octanol–water partition coefficient (Wildman–Crippen LogP) is 0.852. The molecule has 1 atom stereocenters. The van der Waals surface area contributed by atoms with Gasteiger partial charge in [0.1, 0.15) is 0 Å². The van der Waals surface area contributed by atoms with Crippen LogP contribution in [0.2, 0.25) is 0 Å². The Labute approximate surface area is 125 Å². The van der Waals surface area contributed by atoms with Gasteiger partial charge in [-0.3, -0.25) is 9.89 Å². The van der Waals surface area contributed by atoms with Gasteiger partial charge in [0, 0.05) is 19.3 Å². The zero-order valence-electron chi connectivity index (χ0n) is 12.8. The number of rotatable bonds is 5. The van der Waals surface area contributed by atoms with E-state index < -0.39 is 9.84 Å². The van der Waals surface area contributed by atoms with Gasteiger partial charge >= 0.3 is 0 Å². The largest absolute Gasteiger partial charge is 0.345 e. The number of hydrogen-bond donors (Lipinski definition) is 1. The average Bonchev–Trinajstić information content (AvgIpc) is 2.93. The number of sulfone groups is 1. The first-order valence-corrected chi connectivity index (χ1v) is 9.08. The summed E-state index contributed by atoms with van der Waals surface area (Å²) in [5.74, 6) is -0.241. The van der Waals surface area contributed by atoms with E-state index in [0.717, 1.165) is 24.2 Å². The zero-order valence-corrected chi connectivity index (χ0v) is 13.7. The molecule has 1 N–H and O–H groups in total. The van der Waals surface area contributed by atoms with E-state index in [1.54, 1.807) is 11.9 Å². The van der Waals surface area contributed by atoms with E-state index in [0.29, 0.717) is 13.0 Å². The Kier molecular flexibility index (Phi) is 4.70. The van der Waals surface area contributed by atoms with Crippen molar-refractivity contribution in [3.05, 3.63) is 17.0 Å². The molecule has 2 rings (SSSR count). The van der Waals surface area contributed by atoms with Crippen molar-refractivity contribution in [1.29, 1.82) is 0 Å². The van der Waals surface area contributed by atoms with E-state index in [1.807, 2.05) is 13.8 Å². The zero-order chi connectivity index (χ0) is 15.6. The molecule has 1 aliphatic rings. The lowest BCUT2D eigenvalue weighted by molar-refractivity contribution is -0.133.